The van der Waals surface area contributed by atoms with Gasteiger partial charge in [0.05, 0.1) is 5.69 Å². The number of nitrogens with one attached hydrogen (secondary N) is 1. The van der Waals surface area contributed by atoms with Crippen molar-refractivity contribution in [2.45, 2.75) is 33.1 Å². The zero-order chi connectivity index (χ0) is 17.6. The maximum absolute atomic E-state index is 12.5. The molecule has 124 valence electrons. The Morgan fingerprint density at radius 1 is 1.04 bits per heavy atom. The van der Waals surface area contributed by atoms with Gasteiger partial charge in [0.25, 0.3) is 5.91 Å². The molecule has 1 N–H and O–H groups in total. The molecule has 0 aliphatic carbocycles. The average Bonchev–Trinajstić information content (AvgIpc) is 2.82. The highest BCUT2D eigenvalue weighted by molar-refractivity contribution is 9.11. The second-order valence-electron chi connectivity index (χ2n) is 7.10. The van der Waals surface area contributed by atoms with E-state index in [2.05, 4.69) is 82.2 Å². The zero-order valence-corrected chi connectivity index (χ0v) is 17.3. The van der Waals surface area contributed by atoms with Gasteiger partial charge in [0.15, 0.2) is 0 Å². The molecule has 0 atom stereocenters. The molecule has 0 aromatic heterocycles. The minimum atomic E-state index is -0.0632. The third-order valence-corrected chi connectivity index (χ3v) is 5.76. The number of hydrogen-bond acceptors (Lipinski definition) is 1. The smallest absolute Gasteiger partial charge is 0.256 e. The van der Waals surface area contributed by atoms with Crippen molar-refractivity contribution in [2.24, 2.45) is 0 Å². The summed E-state index contributed by atoms with van der Waals surface area (Å²) in [7, 11) is 0. The molecule has 1 aliphatic rings. The maximum Gasteiger partial charge on any atom is 0.256 e. The van der Waals surface area contributed by atoms with Gasteiger partial charge in [-0.1, -0.05) is 61.0 Å². The predicted molar refractivity (Wildman–Crippen MR) is 108 cm³/mol. The van der Waals surface area contributed by atoms with Gasteiger partial charge in [0.2, 0.25) is 0 Å². The van der Waals surface area contributed by atoms with Crippen molar-refractivity contribution >= 4 is 55.1 Å². The molecule has 24 heavy (non-hydrogen) atoms. The summed E-state index contributed by atoms with van der Waals surface area (Å²) < 4.78 is 1.87. The molecule has 0 fully saturated rings. The Kier molecular flexibility index (Phi) is 4.47. The van der Waals surface area contributed by atoms with Crippen LogP contribution in [0.5, 0.6) is 0 Å². The van der Waals surface area contributed by atoms with Crippen LogP contribution in [0.3, 0.4) is 0 Å². The van der Waals surface area contributed by atoms with Crippen LogP contribution in [0.4, 0.5) is 5.69 Å². The number of benzene rings is 2. The monoisotopic (exact) mass is 447 g/mol. The number of hydrogen-bond donors (Lipinski definition) is 1. The first-order valence-corrected chi connectivity index (χ1v) is 9.39. The first-order valence-electron chi connectivity index (χ1n) is 7.81. The molecule has 0 saturated heterocycles. The Labute approximate surface area is 159 Å². The van der Waals surface area contributed by atoms with E-state index in [0.29, 0.717) is 5.57 Å². The van der Waals surface area contributed by atoms with E-state index in [9.17, 15) is 4.79 Å². The molecular formula is C20H19Br2NO. The fraction of sp³-hybridized carbons (Fsp3) is 0.250. The lowest BCUT2D eigenvalue weighted by molar-refractivity contribution is -0.110. The number of carbonyl (C=O) groups is 1. The van der Waals surface area contributed by atoms with E-state index < -0.39 is 0 Å². The van der Waals surface area contributed by atoms with Crippen LogP contribution in [-0.4, -0.2) is 5.91 Å². The van der Waals surface area contributed by atoms with E-state index in [1.165, 1.54) is 5.56 Å². The van der Waals surface area contributed by atoms with Gasteiger partial charge in [0.1, 0.15) is 0 Å². The van der Waals surface area contributed by atoms with Gasteiger partial charge in [-0.3, -0.25) is 4.79 Å². The Balaban J connectivity index is 2.09. The Bertz CT molecular complexity index is 859. The van der Waals surface area contributed by atoms with Gasteiger partial charge in [-0.15, -0.1) is 0 Å². The Morgan fingerprint density at radius 2 is 1.67 bits per heavy atom. The van der Waals surface area contributed by atoms with Crippen LogP contribution in [0.1, 0.15) is 43.0 Å². The van der Waals surface area contributed by atoms with Crippen molar-refractivity contribution in [3.8, 4) is 0 Å². The van der Waals surface area contributed by atoms with E-state index in [1.807, 2.05) is 19.1 Å². The van der Waals surface area contributed by atoms with Crippen LogP contribution in [0.2, 0.25) is 0 Å². The molecule has 0 bridgehead atoms. The van der Waals surface area contributed by atoms with Crippen LogP contribution >= 0.6 is 31.9 Å². The van der Waals surface area contributed by atoms with Gasteiger partial charge < -0.3 is 5.32 Å². The zero-order valence-electron chi connectivity index (χ0n) is 14.1. The van der Waals surface area contributed by atoms with Crippen molar-refractivity contribution in [2.75, 3.05) is 5.32 Å². The van der Waals surface area contributed by atoms with Crippen molar-refractivity contribution in [3.05, 3.63) is 61.5 Å². The summed E-state index contributed by atoms with van der Waals surface area (Å²) in [5.74, 6) is -0.0632. The highest BCUT2D eigenvalue weighted by Crippen LogP contribution is 2.43. The molecule has 2 aromatic rings. The molecular weight excluding hydrogens is 430 g/mol. The number of rotatable bonds is 1. The second-order valence-corrected chi connectivity index (χ2v) is 8.81. The topological polar surface area (TPSA) is 29.1 Å². The third kappa shape index (κ3) is 3.09. The summed E-state index contributed by atoms with van der Waals surface area (Å²) in [4.78, 5) is 12.5. The molecule has 1 amide bonds. The summed E-state index contributed by atoms with van der Waals surface area (Å²) in [6.45, 7) is 8.60. The minimum absolute atomic E-state index is 0.0632. The summed E-state index contributed by atoms with van der Waals surface area (Å²) in [6.07, 6.45) is 1.96. The normalized spacial score (nSPS) is 15.6. The lowest BCUT2D eigenvalue weighted by Crippen LogP contribution is -2.10. The maximum atomic E-state index is 12.5. The SMILES string of the molecule is Cc1c(Br)cc(Br)c2c1C(=Cc1ccc(C(C)(C)C)cc1)C(=O)N2. The summed E-state index contributed by atoms with van der Waals surface area (Å²) >= 11 is 7.10. The van der Waals surface area contributed by atoms with Crippen LogP contribution in [-0.2, 0) is 10.2 Å². The van der Waals surface area contributed by atoms with Crippen LogP contribution in [0.15, 0.2) is 39.3 Å². The number of amides is 1. The van der Waals surface area contributed by atoms with E-state index in [-0.39, 0.29) is 11.3 Å². The fourth-order valence-electron chi connectivity index (χ4n) is 2.86. The Hall–Kier alpha value is -1.39. The standard InChI is InChI=1S/C20H19Br2NO/c1-11-15(21)10-16(22)18-17(11)14(19(24)23-18)9-12-5-7-13(8-6-12)20(2,3)4/h5-10H,1-4H3,(H,23,24). The summed E-state index contributed by atoms with van der Waals surface area (Å²) in [6, 6.07) is 10.4. The highest BCUT2D eigenvalue weighted by atomic mass is 79.9. The molecule has 0 unspecified atom stereocenters. The van der Waals surface area contributed by atoms with Crippen molar-refractivity contribution in [1.29, 1.82) is 0 Å². The number of carbonyl (C=O) groups excluding carboxylic acids is 1. The van der Waals surface area contributed by atoms with Crippen molar-refractivity contribution < 1.29 is 4.79 Å². The summed E-state index contributed by atoms with van der Waals surface area (Å²) in [5, 5.41) is 2.96. The first kappa shape index (κ1) is 17.4. The second kappa shape index (κ2) is 6.16. The van der Waals surface area contributed by atoms with Crippen LogP contribution in [0, 0.1) is 6.92 Å². The molecule has 0 spiro atoms. The van der Waals surface area contributed by atoms with Gasteiger partial charge in [-0.05, 0) is 57.1 Å². The lowest BCUT2D eigenvalue weighted by Gasteiger charge is -2.18. The number of halogens is 2. The molecule has 1 aliphatic heterocycles. The molecule has 3 rings (SSSR count). The van der Waals surface area contributed by atoms with E-state index >= 15 is 0 Å². The van der Waals surface area contributed by atoms with E-state index in [0.717, 1.165) is 31.3 Å². The number of anilines is 1. The van der Waals surface area contributed by atoms with Gasteiger partial charge in [-0.25, -0.2) is 0 Å². The highest BCUT2D eigenvalue weighted by Gasteiger charge is 2.29. The molecule has 2 aromatic carbocycles. The third-order valence-electron chi connectivity index (χ3n) is 4.32. The minimum Gasteiger partial charge on any atom is -0.320 e. The van der Waals surface area contributed by atoms with E-state index in [4.69, 9.17) is 0 Å². The lowest BCUT2D eigenvalue weighted by atomic mass is 9.86. The molecule has 0 radical (unpaired) electrons. The average molecular weight is 449 g/mol. The molecule has 1 heterocycles. The van der Waals surface area contributed by atoms with Crippen molar-refractivity contribution in [1.82, 2.24) is 0 Å². The quantitative estimate of drug-likeness (QED) is 0.508. The largest absolute Gasteiger partial charge is 0.320 e. The van der Waals surface area contributed by atoms with Gasteiger partial charge in [0, 0.05) is 20.1 Å². The fourth-order valence-corrected chi connectivity index (χ4v) is 4.12. The van der Waals surface area contributed by atoms with Gasteiger partial charge >= 0.3 is 0 Å². The van der Waals surface area contributed by atoms with Crippen LogP contribution in [0.25, 0.3) is 11.6 Å². The first-order chi connectivity index (χ1) is 11.2. The molecule has 2 nitrogen and oxygen atoms in total. The molecule has 0 saturated carbocycles. The summed E-state index contributed by atoms with van der Waals surface area (Å²) in [5.41, 5.74) is 5.99. The van der Waals surface area contributed by atoms with Gasteiger partial charge in [-0.2, -0.15) is 0 Å². The number of fused-ring (bicyclic) bond motifs is 1. The van der Waals surface area contributed by atoms with Crippen LogP contribution < -0.4 is 5.32 Å². The van der Waals surface area contributed by atoms with E-state index in [1.54, 1.807) is 0 Å². The predicted octanol–water partition coefficient (Wildman–Crippen LogP) is 6.31. The van der Waals surface area contributed by atoms with Crippen molar-refractivity contribution in [3.63, 3.8) is 0 Å². The molecule has 4 heteroatoms. The Morgan fingerprint density at radius 3 is 2.25 bits per heavy atom.